The van der Waals surface area contributed by atoms with Gasteiger partial charge in [0.25, 0.3) is 11.8 Å². The monoisotopic (exact) mass is 241 g/mol. The molecule has 0 bridgehead atoms. The molecule has 1 aliphatic heterocycles. The molecule has 1 aliphatic rings. The third-order valence-corrected chi connectivity index (χ3v) is 2.97. The Hall–Kier alpha value is -2.56. The molecule has 0 atom stereocenters. The first-order chi connectivity index (χ1) is 8.65. The summed E-state index contributed by atoms with van der Waals surface area (Å²) in [7, 11) is 0. The van der Waals surface area contributed by atoms with Crippen LogP contribution in [0.2, 0.25) is 0 Å². The lowest BCUT2D eigenvalue weighted by atomic mass is 10.1. The summed E-state index contributed by atoms with van der Waals surface area (Å²) in [5.74, 6) is -0.677. The van der Waals surface area contributed by atoms with Gasteiger partial charge in [-0.05, 0) is 31.2 Å². The SMILES string of the molecule is Cc1[nH]ccc1Nc1ccc2c(c1)C(=O)NC2=O. The van der Waals surface area contributed by atoms with Gasteiger partial charge in [-0.3, -0.25) is 14.9 Å². The van der Waals surface area contributed by atoms with E-state index in [2.05, 4.69) is 15.6 Å². The zero-order chi connectivity index (χ0) is 12.7. The van der Waals surface area contributed by atoms with Crippen molar-refractivity contribution in [3.8, 4) is 0 Å². The first kappa shape index (κ1) is 10.6. The van der Waals surface area contributed by atoms with Gasteiger partial charge >= 0.3 is 0 Å². The van der Waals surface area contributed by atoms with Gasteiger partial charge in [-0.2, -0.15) is 0 Å². The number of fused-ring (bicyclic) bond motifs is 1. The van der Waals surface area contributed by atoms with Crippen LogP contribution in [-0.4, -0.2) is 16.8 Å². The van der Waals surface area contributed by atoms with E-state index in [1.165, 1.54) is 0 Å². The Morgan fingerprint density at radius 1 is 1.06 bits per heavy atom. The number of carbonyl (C=O) groups excluding carboxylic acids is 2. The molecule has 18 heavy (non-hydrogen) atoms. The van der Waals surface area contributed by atoms with Crippen molar-refractivity contribution >= 4 is 23.2 Å². The van der Waals surface area contributed by atoms with Crippen LogP contribution >= 0.6 is 0 Å². The lowest BCUT2D eigenvalue weighted by Gasteiger charge is -2.06. The number of aryl methyl sites for hydroxylation is 1. The summed E-state index contributed by atoms with van der Waals surface area (Å²) < 4.78 is 0. The zero-order valence-corrected chi connectivity index (χ0v) is 9.70. The third-order valence-electron chi connectivity index (χ3n) is 2.97. The summed E-state index contributed by atoms with van der Waals surface area (Å²) >= 11 is 0. The minimum Gasteiger partial charge on any atom is -0.363 e. The largest absolute Gasteiger partial charge is 0.363 e. The topological polar surface area (TPSA) is 74.0 Å². The average molecular weight is 241 g/mol. The van der Waals surface area contributed by atoms with Gasteiger partial charge < -0.3 is 10.3 Å². The fourth-order valence-corrected chi connectivity index (χ4v) is 1.99. The highest BCUT2D eigenvalue weighted by atomic mass is 16.2. The van der Waals surface area contributed by atoms with Gasteiger partial charge in [-0.1, -0.05) is 0 Å². The number of imide groups is 1. The van der Waals surface area contributed by atoms with Crippen molar-refractivity contribution < 1.29 is 9.59 Å². The lowest BCUT2D eigenvalue weighted by Crippen LogP contribution is -2.19. The molecule has 1 aromatic carbocycles. The maximum absolute atomic E-state index is 11.5. The summed E-state index contributed by atoms with van der Waals surface area (Å²) in [6.07, 6.45) is 1.83. The average Bonchev–Trinajstić information content (AvgIpc) is 2.86. The van der Waals surface area contributed by atoms with Gasteiger partial charge in [0.05, 0.1) is 16.8 Å². The molecule has 2 heterocycles. The number of H-pyrrole nitrogens is 1. The summed E-state index contributed by atoms with van der Waals surface area (Å²) in [5.41, 5.74) is 3.58. The fraction of sp³-hybridized carbons (Fsp3) is 0.0769. The molecular weight excluding hydrogens is 230 g/mol. The third kappa shape index (κ3) is 1.57. The number of hydrogen-bond acceptors (Lipinski definition) is 3. The Balaban J connectivity index is 1.96. The highest BCUT2D eigenvalue weighted by Crippen LogP contribution is 2.24. The number of aromatic nitrogens is 1. The molecule has 0 spiro atoms. The molecule has 1 aromatic heterocycles. The molecule has 0 saturated carbocycles. The normalized spacial score (nSPS) is 13.4. The van der Waals surface area contributed by atoms with E-state index in [1.54, 1.807) is 18.2 Å². The van der Waals surface area contributed by atoms with E-state index >= 15 is 0 Å². The first-order valence-corrected chi connectivity index (χ1v) is 5.56. The molecule has 3 N–H and O–H groups in total. The highest BCUT2D eigenvalue weighted by Gasteiger charge is 2.26. The molecule has 2 aromatic rings. The molecule has 3 rings (SSSR count). The number of amides is 2. The summed E-state index contributed by atoms with van der Waals surface area (Å²) in [6.45, 7) is 1.95. The van der Waals surface area contributed by atoms with Crippen LogP contribution in [0.5, 0.6) is 0 Å². The maximum atomic E-state index is 11.5. The Kier molecular flexibility index (Phi) is 2.19. The molecular formula is C13H11N3O2. The van der Waals surface area contributed by atoms with Crippen molar-refractivity contribution in [3.05, 3.63) is 47.3 Å². The molecule has 5 nitrogen and oxygen atoms in total. The van der Waals surface area contributed by atoms with Crippen LogP contribution in [0.4, 0.5) is 11.4 Å². The van der Waals surface area contributed by atoms with Crippen molar-refractivity contribution in [2.75, 3.05) is 5.32 Å². The Morgan fingerprint density at radius 2 is 1.83 bits per heavy atom. The van der Waals surface area contributed by atoms with E-state index < -0.39 is 0 Å². The molecule has 0 radical (unpaired) electrons. The maximum Gasteiger partial charge on any atom is 0.259 e. The standard InChI is InChI=1S/C13H11N3O2/c1-7-11(4-5-14-7)15-8-2-3-9-10(6-8)13(18)16-12(9)17/h2-6,14-15H,1H3,(H,16,17,18). The van der Waals surface area contributed by atoms with Crippen molar-refractivity contribution in [2.45, 2.75) is 6.92 Å². The molecule has 0 saturated heterocycles. The van der Waals surface area contributed by atoms with E-state index in [4.69, 9.17) is 0 Å². The Labute approximate surface area is 103 Å². The Bertz CT molecular complexity index is 658. The van der Waals surface area contributed by atoms with E-state index in [1.807, 2.05) is 19.2 Å². The van der Waals surface area contributed by atoms with Gasteiger partial charge in [0, 0.05) is 17.6 Å². The van der Waals surface area contributed by atoms with Gasteiger partial charge in [0.1, 0.15) is 0 Å². The van der Waals surface area contributed by atoms with Gasteiger partial charge in [-0.25, -0.2) is 0 Å². The van der Waals surface area contributed by atoms with Crippen molar-refractivity contribution in [1.29, 1.82) is 0 Å². The van der Waals surface area contributed by atoms with Crippen LogP contribution in [0.1, 0.15) is 26.4 Å². The highest BCUT2D eigenvalue weighted by molar-refractivity contribution is 6.21. The van der Waals surface area contributed by atoms with E-state index in [9.17, 15) is 9.59 Å². The van der Waals surface area contributed by atoms with Crippen molar-refractivity contribution in [1.82, 2.24) is 10.3 Å². The number of benzene rings is 1. The van der Waals surface area contributed by atoms with E-state index in [-0.39, 0.29) is 11.8 Å². The Morgan fingerprint density at radius 3 is 2.56 bits per heavy atom. The molecule has 0 aliphatic carbocycles. The molecule has 0 unspecified atom stereocenters. The van der Waals surface area contributed by atoms with Gasteiger partial charge in [-0.15, -0.1) is 0 Å². The van der Waals surface area contributed by atoms with Crippen LogP contribution < -0.4 is 10.6 Å². The second-order valence-electron chi connectivity index (χ2n) is 4.18. The number of nitrogens with one attached hydrogen (secondary N) is 3. The minimum absolute atomic E-state index is 0.334. The predicted octanol–water partition coefficient (Wildman–Crippen LogP) is 1.95. The number of aromatic amines is 1. The van der Waals surface area contributed by atoms with Crippen molar-refractivity contribution in [3.63, 3.8) is 0 Å². The molecule has 90 valence electrons. The quantitative estimate of drug-likeness (QED) is 0.703. The number of carbonyl (C=O) groups is 2. The lowest BCUT2D eigenvalue weighted by molar-refractivity contribution is 0.0879. The number of anilines is 2. The second-order valence-corrected chi connectivity index (χ2v) is 4.18. The number of hydrogen-bond donors (Lipinski definition) is 3. The van der Waals surface area contributed by atoms with Crippen LogP contribution in [-0.2, 0) is 0 Å². The van der Waals surface area contributed by atoms with E-state index in [0.29, 0.717) is 11.1 Å². The molecule has 5 heteroatoms. The van der Waals surface area contributed by atoms with E-state index in [0.717, 1.165) is 17.1 Å². The van der Waals surface area contributed by atoms with Crippen LogP contribution in [0.3, 0.4) is 0 Å². The van der Waals surface area contributed by atoms with Crippen molar-refractivity contribution in [2.24, 2.45) is 0 Å². The van der Waals surface area contributed by atoms with Gasteiger partial charge in [0.15, 0.2) is 0 Å². The smallest absolute Gasteiger partial charge is 0.259 e. The van der Waals surface area contributed by atoms with Crippen LogP contribution in [0.15, 0.2) is 30.5 Å². The molecule has 0 fully saturated rings. The summed E-state index contributed by atoms with van der Waals surface area (Å²) in [4.78, 5) is 26.0. The summed E-state index contributed by atoms with van der Waals surface area (Å²) in [5, 5.41) is 5.46. The van der Waals surface area contributed by atoms with Gasteiger partial charge in [0.2, 0.25) is 0 Å². The minimum atomic E-state index is -0.343. The second kappa shape index (κ2) is 3.73. The summed E-state index contributed by atoms with van der Waals surface area (Å²) in [6, 6.07) is 7.03. The zero-order valence-electron chi connectivity index (χ0n) is 9.70. The number of rotatable bonds is 2. The first-order valence-electron chi connectivity index (χ1n) is 5.56. The van der Waals surface area contributed by atoms with Crippen LogP contribution in [0.25, 0.3) is 0 Å². The van der Waals surface area contributed by atoms with Crippen LogP contribution in [0, 0.1) is 6.92 Å². The predicted molar refractivity (Wildman–Crippen MR) is 67.1 cm³/mol. The molecule has 2 amide bonds. The fourth-order valence-electron chi connectivity index (χ4n) is 1.99.